The van der Waals surface area contributed by atoms with Gasteiger partial charge in [0.05, 0.1) is 12.1 Å². The van der Waals surface area contributed by atoms with Crippen LogP contribution >= 0.6 is 0 Å². The average molecular weight is 294 g/mol. The maximum atomic E-state index is 12.2. The second kappa shape index (κ2) is 5.88. The normalized spacial score (nSPS) is 36.6. The Kier molecular flexibility index (Phi) is 4.28. The predicted molar refractivity (Wildman–Crippen MR) is 82.8 cm³/mol. The van der Waals surface area contributed by atoms with E-state index in [1.807, 2.05) is 6.92 Å². The minimum atomic E-state index is -0.538. The van der Waals surface area contributed by atoms with Gasteiger partial charge in [0, 0.05) is 19.1 Å². The fourth-order valence-electron chi connectivity index (χ4n) is 4.71. The molecule has 1 aliphatic heterocycles. The quantitative estimate of drug-likeness (QED) is 0.831. The molecule has 0 aromatic carbocycles. The molecule has 21 heavy (non-hydrogen) atoms. The summed E-state index contributed by atoms with van der Waals surface area (Å²) in [5.41, 5.74) is -0.538. The van der Waals surface area contributed by atoms with E-state index < -0.39 is 5.60 Å². The zero-order valence-electron chi connectivity index (χ0n) is 13.5. The molecule has 120 valence electrons. The molecule has 0 radical (unpaired) electrons. The first-order valence-electron chi connectivity index (χ1n) is 8.67. The Morgan fingerprint density at radius 2 is 2.05 bits per heavy atom. The van der Waals surface area contributed by atoms with Crippen molar-refractivity contribution in [3.05, 3.63) is 0 Å². The van der Waals surface area contributed by atoms with Gasteiger partial charge in [-0.2, -0.15) is 0 Å². The fraction of sp³-hybridized carbons (Fsp3) is 0.941. The molecule has 4 unspecified atom stereocenters. The number of piperidine rings is 1. The molecule has 2 N–H and O–H groups in total. The summed E-state index contributed by atoms with van der Waals surface area (Å²) in [5, 5.41) is 13.2. The molecule has 0 aromatic heterocycles. The predicted octanol–water partition coefficient (Wildman–Crippen LogP) is 1.77. The van der Waals surface area contributed by atoms with Crippen LogP contribution in [0, 0.1) is 17.8 Å². The Labute approximate surface area is 128 Å². The minimum absolute atomic E-state index is 0.159. The number of hydrogen-bond donors (Lipinski definition) is 2. The van der Waals surface area contributed by atoms with Crippen molar-refractivity contribution in [2.45, 2.75) is 64.0 Å². The molecule has 3 aliphatic rings. The van der Waals surface area contributed by atoms with Gasteiger partial charge in [-0.05, 0) is 63.7 Å². The molecule has 1 heterocycles. The molecule has 3 rings (SSSR count). The van der Waals surface area contributed by atoms with E-state index in [0.717, 1.165) is 37.8 Å². The van der Waals surface area contributed by atoms with Crippen molar-refractivity contribution in [1.82, 2.24) is 10.2 Å². The van der Waals surface area contributed by atoms with E-state index in [1.54, 1.807) is 0 Å². The number of nitrogens with zero attached hydrogens (tertiary/aromatic N) is 1. The number of carbonyl (C=O) groups excluding carboxylic acids is 1. The van der Waals surface area contributed by atoms with E-state index in [4.69, 9.17) is 0 Å². The van der Waals surface area contributed by atoms with Gasteiger partial charge < -0.3 is 10.4 Å². The van der Waals surface area contributed by atoms with Gasteiger partial charge in [0.2, 0.25) is 5.91 Å². The lowest BCUT2D eigenvalue weighted by Crippen LogP contribution is -2.49. The zero-order chi connectivity index (χ0) is 15.0. The van der Waals surface area contributed by atoms with Gasteiger partial charge >= 0.3 is 0 Å². The summed E-state index contributed by atoms with van der Waals surface area (Å²) in [6.07, 6.45) is 7.03. The van der Waals surface area contributed by atoms with Gasteiger partial charge in [-0.1, -0.05) is 6.42 Å². The van der Waals surface area contributed by atoms with Gasteiger partial charge in [0.1, 0.15) is 0 Å². The van der Waals surface area contributed by atoms with Gasteiger partial charge in [0.15, 0.2) is 0 Å². The summed E-state index contributed by atoms with van der Waals surface area (Å²) in [5.74, 6) is 2.65. The highest BCUT2D eigenvalue weighted by atomic mass is 16.3. The van der Waals surface area contributed by atoms with Crippen molar-refractivity contribution in [1.29, 1.82) is 0 Å². The summed E-state index contributed by atoms with van der Waals surface area (Å²) in [7, 11) is 0. The van der Waals surface area contributed by atoms with Gasteiger partial charge in [-0.3, -0.25) is 9.69 Å². The van der Waals surface area contributed by atoms with Gasteiger partial charge in [0.25, 0.3) is 0 Å². The third-order valence-corrected chi connectivity index (χ3v) is 6.12. The first-order chi connectivity index (χ1) is 9.93. The fourth-order valence-corrected chi connectivity index (χ4v) is 4.71. The van der Waals surface area contributed by atoms with Gasteiger partial charge in [-0.25, -0.2) is 0 Å². The number of fused-ring (bicyclic) bond motifs is 2. The van der Waals surface area contributed by atoms with Crippen molar-refractivity contribution in [3.63, 3.8) is 0 Å². The van der Waals surface area contributed by atoms with Crippen molar-refractivity contribution >= 4 is 5.91 Å². The van der Waals surface area contributed by atoms with E-state index in [2.05, 4.69) is 17.1 Å². The van der Waals surface area contributed by atoms with Crippen LogP contribution in [0.4, 0.5) is 0 Å². The Hall–Kier alpha value is -0.610. The van der Waals surface area contributed by atoms with Gasteiger partial charge in [-0.15, -0.1) is 0 Å². The second-order valence-electron chi connectivity index (χ2n) is 7.97. The molecular weight excluding hydrogens is 264 g/mol. The molecule has 3 fully saturated rings. The molecular formula is C17H30N2O2. The largest absolute Gasteiger partial charge is 0.390 e. The highest BCUT2D eigenvalue weighted by molar-refractivity contribution is 5.78. The topological polar surface area (TPSA) is 52.6 Å². The number of likely N-dealkylation sites (tertiary alicyclic amines) is 1. The maximum Gasteiger partial charge on any atom is 0.234 e. The summed E-state index contributed by atoms with van der Waals surface area (Å²) in [6, 6.07) is 0.320. The van der Waals surface area contributed by atoms with Crippen molar-refractivity contribution in [2.24, 2.45) is 17.8 Å². The molecule has 2 bridgehead atoms. The Balaban J connectivity index is 1.42. The van der Waals surface area contributed by atoms with Crippen LogP contribution < -0.4 is 5.32 Å². The van der Waals surface area contributed by atoms with Crippen LogP contribution in [0.15, 0.2) is 0 Å². The number of carbonyl (C=O) groups is 1. The first kappa shape index (κ1) is 15.3. The summed E-state index contributed by atoms with van der Waals surface area (Å²) < 4.78 is 0. The summed E-state index contributed by atoms with van der Waals surface area (Å²) >= 11 is 0. The molecule has 1 saturated heterocycles. The highest BCUT2D eigenvalue weighted by Crippen LogP contribution is 2.49. The van der Waals surface area contributed by atoms with Crippen LogP contribution in [0.2, 0.25) is 0 Å². The molecule has 0 spiro atoms. The lowest BCUT2D eigenvalue weighted by Gasteiger charge is -2.36. The Morgan fingerprint density at radius 3 is 2.62 bits per heavy atom. The smallest absolute Gasteiger partial charge is 0.234 e. The van der Waals surface area contributed by atoms with Crippen LogP contribution in [0.3, 0.4) is 0 Å². The molecule has 0 aromatic rings. The summed E-state index contributed by atoms with van der Waals surface area (Å²) in [4.78, 5) is 14.4. The molecule has 4 atom stereocenters. The van der Waals surface area contributed by atoms with Crippen LogP contribution in [-0.4, -0.2) is 47.2 Å². The number of aliphatic hydroxyl groups is 1. The van der Waals surface area contributed by atoms with E-state index in [0.29, 0.717) is 18.5 Å². The summed E-state index contributed by atoms with van der Waals surface area (Å²) in [6.45, 7) is 6.21. The monoisotopic (exact) mass is 294 g/mol. The molecule has 2 saturated carbocycles. The number of hydrogen-bond acceptors (Lipinski definition) is 3. The third kappa shape index (κ3) is 3.59. The second-order valence-corrected chi connectivity index (χ2v) is 7.97. The molecule has 4 nitrogen and oxygen atoms in total. The van der Waals surface area contributed by atoms with E-state index in [-0.39, 0.29) is 5.91 Å². The van der Waals surface area contributed by atoms with Crippen molar-refractivity contribution in [2.75, 3.05) is 19.6 Å². The number of amides is 1. The molecule has 4 heteroatoms. The zero-order valence-corrected chi connectivity index (χ0v) is 13.5. The van der Waals surface area contributed by atoms with Crippen LogP contribution in [0.1, 0.15) is 52.4 Å². The number of rotatable bonds is 4. The minimum Gasteiger partial charge on any atom is -0.390 e. The number of nitrogens with one attached hydrogen (secondary N) is 1. The van der Waals surface area contributed by atoms with E-state index in [1.165, 1.54) is 25.7 Å². The van der Waals surface area contributed by atoms with Crippen molar-refractivity contribution < 1.29 is 9.90 Å². The highest BCUT2D eigenvalue weighted by Gasteiger charge is 2.42. The van der Waals surface area contributed by atoms with Crippen LogP contribution in [-0.2, 0) is 4.79 Å². The van der Waals surface area contributed by atoms with Crippen LogP contribution in [0.5, 0.6) is 0 Å². The first-order valence-corrected chi connectivity index (χ1v) is 8.67. The average Bonchev–Trinajstić information content (AvgIpc) is 3.03. The SMILES string of the molecule is CC(NC(=O)CN1CCC(C)(O)CC1)C1CC2CCC1C2. The van der Waals surface area contributed by atoms with Crippen LogP contribution in [0.25, 0.3) is 0 Å². The standard InChI is InChI=1S/C17H30N2O2/c1-12(15-10-13-3-4-14(15)9-13)18-16(20)11-19-7-5-17(2,21)6-8-19/h12-15,21H,3-11H2,1-2H3,(H,18,20). The molecule has 1 amide bonds. The lowest BCUT2D eigenvalue weighted by atomic mass is 9.84. The molecule has 2 aliphatic carbocycles. The lowest BCUT2D eigenvalue weighted by molar-refractivity contribution is -0.124. The Morgan fingerprint density at radius 1 is 1.33 bits per heavy atom. The van der Waals surface area contributed by atoms with E-state index in [9.17, 15) is 9.90 Å². The van der Waals surface area contributed by atoms with Crippen molar-refractivity contribution in [3.8, 4) is 0 Å². The van der Waals surface area contributed by atoms with E-state index >= 15 is 0 Å². The Bertz CT molecular complexity index is 386. The third-order valence-electron chi connectivity index (χ3n) is 6.12. The maximum absolute atomic E-state index is 12.2.